The van der Waals surface area contributed by atoms with Crippen LogP contribution in [0.3, 0.4) is 0 Å². The summed E-state index contributed by atoms with van der Waals surface area (Å²) in [6, 6.07) is 0. The van der Waals surface area contributed by atoms with E-state index >= 15 is 0 Å². The van der Waals surface area contributed by atoms with Crippen molar-refractivity contribution in [2.45, 2.75) is 58.3 Å². The van der Waals surface area contributed by atoms with E-state index in [0.717, 1.165) is 0 Å². The molecule has 2 heteroatoms. The predicted molar refractivity (Wildman–Crippen MR) is 99.2 cm³/mol. The number of hydrogen-bond acceptors (Lipinski definition) is 1. The van der Waals surface area contributed by atoms with E-state index in [1.807, 2.05) is 30.4 Å². The second-order valence-electron chi connectivity index (χ2n) is 5.16. The van der Waals surface area contributed by atoms with Gasteiger partial charge in [-0.1, -0.05) is 100 Å². The molecule has 0 spiro atoms. The first-order chi connectivity index (χ1) is 10.8. The Kier molecular flexibility index (Phi) is 16.6. The Bertz CT molecular complexity index is 400. The standard InChI is InChI=1S/C20H29ClO/c1-2-3-4-5-6-7-8-9-10-11-12-13-14-15-16-17-18-19-20(21)22/h10-19H,2-9H2,1H3/b11-10+,13-12+,15-14+,17-16+,19-18+. The van der Waals surface area contributed by atoms with E-state index < -0.39 is 5.24 Å². The Hall–Kier alpha value is -1.34. The molecule has 0 fully saturated rings. The zero-order chi connectivity index (χ0) is 16.3. The second-order valence-corrected chi connectivity index (χ2v) is 5.53. The van der Waals surface area contributed by atoms with Gasteiger partial charge in [0.15, 0.2) is 0 Å². The van der Waals surface area contributed by atoms with Crippen LogP contribution in [-0.4, -0.2) is 5.24 Å². The molecule has 0 amide bonds. The number of halogens is 1. The summed E-state index contributed by atoms with van der Waals surface area (Å²) in [5, 5.41) is -0.459. The monoisotopic (exact) mass is 320 g/mol. The maximum atomic E-state index is 10.4. The molecule has 0 rings (SSSR count). The van der Waals surface area contributed by atoms with Crippen LogP contribution >= 0.6 is 11.6 Å². The largest absolute Gasteiger partial charge is 0.276 e. The van der Waals surface area contributed by atoms with Crippen LogP contribution in [0.2, 0.25) is 0 Å². The number of unbranched alkanes of at least 4 members (excludes halogenated alkanes) is 7. The van der Waals surface area contributed by atoms with E-state index in [1.54, 1.807) is 12.2 Å². The van der Waals surface area contributed by atoms with Gasteiger partial charge >= 0.3 is 0 Å². The van der Waals surface area contributed by atoms with Gasteiger partial charge in [-0.3, -0.25) is 4.79 Å². The molecule has 0 unspecified atom stereocenters. The van der Waals surface area contributed by atoms with Crippen LogP contribution in [-0.2, 0) is 4.79 Å². The first-order valence-corrected chi connectivity index (χ1v) is 8.68. The number of allylic oxidation sites excluding steroid dienone is 10. The molecule has 0 saturated carbocycles. The van der Waals surface area contributed by atoms with Gasteiger partial charge in [-0.2, -0.15) is 0 Å². The van der Waals surface area contributed by atoms with Crippen LogP contribution < -0.4 is 0 Å². The molecule has 0 aromatic heterocycles. The van der Waals surface area contributed by atoms with Crippen LogP contribution in [0.15, 0.2) is 60.8 Å². The van der Waals surface area contributed by atoms with Gasteiger partial charge in [-0.15, -0.1) is 0 Å². The highest BCUT2D eigenvalue weighted by atomic mass is 35.5. The summed E-state index contributed by atoms with van der Waals surface area (Å²) in [5.41, 5.74) is 0. The van der Waals surface area contributed by atoms with E-state index in [0.29, 0.717) is 0 Å². The third kappa shape index (κ3) is 18.7. The molecule has 0 atom stereocenters. The molecule has 0 bridgehead atoms. The highest BCUT2D eigenvalue weighted by Gasteiger charge is 1.88. The van der Waals surface area contributed by atoms with Crippen molar-refractivity contribution in [1.29, 1.82) is 0 Å². The summed E-state index contributed by atoms with van der Waals surface area (Å²) in [5.74, 6) is 0. The van der Waals surface area contributed by atoms with E-state index in [9.17, 15) is 4.79 Å². The van der Waals surface area contributed by atoms with E-state index in [1.165, 1.54) is 57.4 Å². The van der Waals surface area contributed by atoms with Crippen molar-refractivity contribution in [3.05, 3.63) is 60.8 Å². The Morgan fingerprint density at radius 3 is 1.82 bits per heavy atom. The van der Waals surface area contributed by atoms with Crippen LogP contribution in [0.4, 0.5) is 0 Å². The molecule has 22 heavy (non-hydrogen) atoms. The summed E-state index contributed by atoms with van der Waals surface area (Å²) in [6.45, 7) is 2.25. The first-order valence-electron chi connectivity index (χ1n) is 8.30. The van der Waals surface area contributed by atoms with Gasteiger partial charge in [-0.05, 0) is 30.5 Å². The first kappa shape index (κ1) is 20.7. The molecule has 0 aliphatic rings. The molecular weight excluding hydrogens is 292 g/mol. The lowest BCUT2D eigenvalue weighted by molar-refractivity contribution is -0.107. The highest BCUT2D eigenvalue weighted by molar-refractivity contribution is 6.66. The topological polar surface area (TPSA) is 17.1 Å². The minimum atomic E-state index is -0.459. The summed E-state index contributed by atoms with van der Waals surface area (Å²) in [7, 11) is 0. The van der Waals surface area contributed by atoms with Crippen molar-refractivity contribution >= 4 is 16.8 Å². The van der Waals surface area contributed by atoms with Crippen molar-refractivity contribution in [3.8, 4) is 0 Å². The normalized spacial score (nSPS) is 12.8. The van der Waals surface area contributed by atoms with E-state index in [-0.39, 0.29) is 0 Å². The van der Waals surface area contributed by atoms with Gasteiger partial charge in [0.25, 0.3) is 0 Å². The van der Waals surface area contributed by atoms with E-state index in [4.69, 9.17) is 11.6 Å². The molecule has 0 saturated heterocycles. The average Bonchev–Trinajstić information content (AvgIpc) is 2.50. The molecule has 1 nitrogen and oxygen atoms in total. The van der Waals surface area contributed by atoms with Gasteiger partial charge < -0.3 is 0 Å². The fourth-order valence-corrected chi connectivity index (χ4v) is 1.98. The number of hydrogen-bond donors (Lipinski definition) is 0. The number of rotatable bonds is 13. The zero-order valence-corrected chi connectivity index (χ0v) is 14.5. The maximum absolute atomic E-state index is 10.4. The smallest absolute Gasteiger partial charge is 0.245 e. The minimum Gasteiger partial charge on any atom is -0.276 e. The Balaban J connectivity index is 3.50. The fraction of sp³-hybridized carbons (Fsp3) is 0.450. The summed E-state index contributed by atoms with van der Waals surface area (Å²) >= 11 is 5.15. The van der Waals surface area contributed by atoms with Gasteiger partial charge in [-0.25, -0.2) is 0 Å². The molecule has 0 aromatic rings. The molecule has 0 aromatic carbocycles. The third-order valence-corrected chi connectivity index (χ3v) is 3.24. The van der Waals surface area contributed by atoms with Crippen molar-refractivity contribution in [1.82, 2.24) is 0 Å². The van der Waals surface area contributed by atoms with Gasteiger partial charge in [0.2, 0.25) is 5.24 Å². The summed E-state index contributed by atoms with van der Waals surface area (Å²) in [6.07, 6.45) is 29.4. The van der Waals surface area contributed by atoms with Crippen LogP contribution in [0.25, 0.3) is 0 Å². The number of carbonyl (C=O) groups is 1. The van der Waals surface area contributed by atoms with Crippen LogP contribution in [0, 0.1) is 0 Å². The van der Waals surface area contributed by atoms with Gasteiger partial charge in [0, 0.05) is 0 Å². The van der Waals surface area contributed by atoms with Crippen LogP contribution in [0.5, 0.6) is 0 Å². The van der Waals surface area contributed by atoms with Crippen molar-refractivity contribution < 1.29 is 4.79 Å². The lowest BCUT2D eigenvalue weighted by Gasteiger charge is -1.98. The lowest BCUT2D eigenvalue weighted by atomic mass is 10.1. The van der Waals surface area contributed by atoms with Crippen molar-refractivity contribution in [2.75, 3.05) is 0 Å². The van der Waals surface area contributed by atoms with E-state index in [2.05, 4.69) is 19.1 Å². The Morgan fingerprint density at radius 1 is 0.727 bits per heavy atom. The van der Waals surface area contributed by atoms with Gasteiger partial charge in [0.1, 0.15) is 0 Å². The molecule has 0 radical (unpaired) electrons. The quantitative estimate of drug-likeness (QED) is 0.160. The average molecular weight is 321 g/mol. The third-order valence-electron chi connectivity index (χ3n) is 3.12. The molecule has 0 aliphatic carbocycles. The Labute approximate surface area is 141 Å². The summed E-state index contributed by atoms with van der Waals surface area (Å²) < 4.78 is 0. The van der Waals surface area contributed by atoms with Crippen LogP contribution in [0.1, 0.15) is 58.3 Å². The fourth-order valence-electron chi connectivity index (χ4n) is 1.91. The SMILES string of the molecule is CCCCCCCCC/C=C/C=C/C=C/C=C/C=C/C(=O)Cl. The highest BCUT2D eigenvalue weighted by Crippen LogP contribution is 2.08. The number of carbonyl (C=O) groups excluding carboxylic acids is 1. The maximum Gasteiger partial charge on any atom is 0.245 e. The second kappa shape index (κ2) is 17.7. The Morgan fingerprint density at radius 2 is 1.23 bits per heavy atom. The molecule has 0 heterocycles. The molecule has 0 aliphatic heterocycles. The predicted octanol–water partition coefficient (Wildman–Crippen LogP) is 6.67. The van der Waals surface area contributed by atoms with Crippen molar-refractivity contribution in [3.63, 3.8) is 0 Å². The van der Waals surface area contributed by atoms with Gasteiger partial charge in [0.05, 0.1) is 0 Å². The molecule has 0 N–H and O–H groups in total. The lowest BCUT2D eigenvalue weighted by Crippen LogP contribution is -1.78. The summed E-state index contributed by atoms with van der Waals surface area (Å²) in [4.78, 5) is 10.4. The zero-order valence-electron chi connectivity index (χ0n) is 13.7. The molecule has 122 valence electrons. The minimum absolute atomic E-state index is 0.459. The van der Waals surface area contributed by atoms with Crippen molar-refractivity contribution in [2.24, 2.45) is 0 Å². The molecular formula is C20H29ClO.